The lowest BCUT2D eigenvalue weighted by molar-refractivity contribution is 0.194. The smallest absolute Gasteiger partial charge is 0.00302 e. The van der Waals surface area contributed by atoms with Gasteiger partial charge in [0.15, 0.2) is 0 Å². The van der Waals surface area contributed by atoms with Gasteiger partial charge in [-0.15, -0.1) is 6.58 Å². The SMILES string of the molecule is C=CCCN(CCC)CC(C)(C)C.CC.CC. The van der Waals surface area contributed by atoms with Crippen LogP contribution < -0.4 is 0 Å². The molecule has 1 heteroatoms. The minimum absolute atomic E-state index is 0.413. The van der Waals surface area contributed by atoms with Crippen LogP contribution in [0.4, 0.5) is 0 Å². The molecule has 0 aromatic carbocycles. The van der Waals surface area contributed by atoms with Crippen LogP contribution in [0.25, 0.3) is 0 Å². The lowest BCUT2D eigenvalue weighted by Gasteiger charge is -2.29. The topological polar surface area (TPSA) is 3.24 Å². The molecule has 106 valence electrons. The second-order valence-corrected chi connectivity index (χ2v) is 4.91. The maximum absolute atomic E-state index is 3.76. The predicted octanol–water partition coefficient (Wildman–Crippen LogP) is 5.37. The van der Waals surface area contributed by atoms with Crippen molar-refractivity contribution in [2.75, 3.05) is 19.6 Å². The molecule has 0 aromatic heterocycles. The maximum atomic E-state index is 3.76. The normalized spacial score (nSPS) is 9.94. The molecule has 0 aliphatic carbocycles. The van der Waals surface area contributed by atoms with Crippen molar-refractivity contribution in [2.45, 2.75) is 68.2 Å². The summed E-state index contributed by atoms with van der Waals surface area (Å²) < 4.78 is 0. The van der Waals surface area contributed by atoms with E-state index in [2.05, 4.69) is 39.2 Å². The Morgan fingerprint density at radius 3 is 1.76 bits per heavy atom. The van der Waals surface area contributed by atoms with Crippen molar-refractivity contribution in [1.82, 2.24) is 4.90 Å². The first-order chi connectivity index (χ1) is 7.99. The van der Waals surface area contributed by atoms with E-state index < -0.39 is 0 Å². The minimum atomic E-state index is 0.413. The fourth-order valence-electron chi connectivity index (χ4n) is 1.53. The highest BCUT2D eigenvalue weighted by Crippen LogP contribution is 2.15. The Kier molecular flexibility index (Phi) is 20.3. The molecule has 0 saturated carbocycles. The Morgan fingerprint density at radius 1 is 1.00 bits per heavy atom. The summed E-state index contributed by atoms with van der Waals surface area (Å²) in [7, 11) is 0. The number of hydrogen-bond donors (Lipinski definition) is 0. The zero-order valence-electron chi connectivity index (χ0n) is 13.8. The van der Waals surface area contributed by atoms with E-state index in [4.69, 9.17) is 0 Å². The van der Waals surface area contributed by atoms with Gasteiger partial charge in [0.25, 0.3) is 0 Å². The summed E-state index contributed by atoms with van der Waals surface area (Å²) in [5, 5.41) is 0. The highest BCUT2D eigenvalue weighted by Gasteiger charge is 2.14. The van der Waals surface area contributed by atoms with Gasteiger partial charge in [0, 0.05) is 13.1 Å². The summed E-state index contributed by atoms with van der Waals surface area (Å²) in [5.74, 6) is 0. The van der Waals surface area contributed by atoms with Gasteiger partial charge in [-0.3, -0.25) is 0 Å². The van der Waals surface area contributed by atoms with Crippen molar-refractivity contribution >= 4 is 0 Å². The van der Waals surface area contributed by atoms with Crippen molar-refractivity contribution in [2.24, 2.45) is 5.41 Å². The van der Waals surface area contributed by atoms with Gasteiger partial charge in [0.05, 0.1) is 0 Å². The fourth-order valence-corrected chi connectivity index (χ4v) is 1.53. The van der Waals surface area contributed by atoms with Crippen LogP contribution in [0.2, 0.25) is 0 Å². The number of rotatable bonds is 6. The Balaban J connectivity index is -0.000000439. The lowest BCUT2D eigenvalue weighted by atomic mass is 9.96. The van der Waals surface area contributed by atoms with Crippen LogP contribution in [-0.2, 0) is 0 Å². The molecule has 0 atom stereocenters. The van der Waals surface area contributed by atoms with Gasteiger partial charge in [0.1, 0.15) is 0 Å². The van der Waals surface area contributed by atoms with Gasteiger partial charge in [-0.05, 0) is 24.8 Å². The Hall–Kier alpha value is -0.300. The molecule has 0 aliphatic heterocycles. The second-order valence-electron chi connectivity index (χ2n) is 4.91. The van der Waals surface area contributed by atoms with Crippen molar-refractivity contribution in [3.05, 3.63) is 12.7 Å². The summed E-state index contributed by atoms with van der Waals surface area (Å²) in [6.07, 6.45) is 4.36. The van der Waals surface area contributed by atoms with Crippen LogP contribution in [0, 0.1) is 5.41 Å². The zero-order chi connectivity index (χ0) is 14.3. The lowest BCUT2D eigenvalue weighted by Crippen LogP contribution is -2.33. The van der Waals surface area contributed by atoms with Gasteiger partial charge < -0.3 is 4.90 Å². The fraction of sp³-hybridized carbons (Fsp3) is 0.875. The molecule has 0 aromatic rings. The third-order valence-corrected chi connectivity index (χ3v) is 1.89. The first-order valence-corrected chi connectivity index (χ1v) is 7.33. The summed E-state index contributed by atoms with van der Waals surface area (Å²) in [6.45, 7) is 24.5. The monoisotopic (exact) mass is 243 g/mol. The molecular weight excluding hydrogens is 206 g/mol. The average molecular weight is 243 g/mol. The molecule has 17 heavy (non-hydrogen) atoms. The second kappa shape index (κ2) is 15.7. The standard InChI is InChI=1S/C12H25N.2C2H6/c1-6-8-10-13(9-7-2)11-12(3,4)5;2*1-2/h6H,1,7-11H2,2-5H3;2*1-2H3. The van der Waals surface area contributed by atoms with Crippen LogP contribution in [-0.4, -0.2) is 24.5 Å². The molecule has 1 nitrogen and oxygen atoms in total. The van der Waals surface area contributed by atoms with Crippen LogP contribution >= 0.6 is 0 Å². The molecular formula is C16H37N. The molecule has 0 saturated heterocycles. The van der Waals surface area contributed by atoms with Crippen LogP contribution in [0.1, 0.15) is 68.2 Å². The Morgan fingerprint density at radius 2 is 1.47 bits per heavy atom. The van der Waals surface area contributed by atoms with E-state index in [1.165, 1.54) is 19.5 Å². The van der Waals surface area contributed by atoms with Crippen LogP contribution in [0.3, 0.4) is 0 Å². The third-order valence-electron chi connectivity index (χ3n) is 1.89. The van der Waals surface area contributed by atoms with Gasteiger partial charge >= 0.3 is 0 Å². The maximum Gasteiger partial charge on any atom is 0.00302 e. The van der Waals surface area contributed by atoms with Crippen LogP contribution in [0.15, 0.2) is 12.7 Å². The Bertz CT molecular complexity index is 133. The third kappa shape index (κ3) is 21.5. The average Bonchev–Trinajstić information content (AvgIpc) is 2.30. The van der Waals surface area contributed by atoms with Gasteiger partial charge in [0.2, 0.25) is 0 Å². The highest BCUT2D eigenvalue weighted by atomic mass is 15.1. The summed E-state index contributed by atoms with van der Waals surface area (Å²) in [5.41, 5.74) is 0.413. The van der Waals surface area contributed by atoms with E-state index in [0.29, 0.717) is 5.41 Å². The van der Waals surface area contributed by atoms with Crippen molar-refractivity contribution < 1.29 is 0 Å². The molecule has 0 heterocycles. The van der Waals surface area contributed by atoms with Crippen molar-refractivity contribution in [1.29, 1.82) is 0 Å². The molecule has 0 rings (SSSR count). The van der Waals surface area contributed by atoms with Crippen LogP contribution in [0.5, 0.6) is 0 Å². The van der Waals surface area contributed by atoms with Gasteiger partial charge in [-0.1, -0.05) is 61.5 Å². The van der Waals surface area contributed by atoms with E-state index >= 15 is 0 Å². The van der Waals surface area contributed by atoms with E-state index in [1.807, 2.05) is 33.8 Å². The minimum Gasteiger partial charge on any atom is -0.303 e. The molecule has 0 unspecified atom stereocenters. The largest absolute Gasteiger partial charge is 0.303 e. The first-order valence-electron chi connectivity index (χ1n) is 7.33. The zero-order valence-corrected chi connectivity index (χ0v) is 13.8. The summed E-state index contributed by atoms with van der Waals surface area (Å²) in [4.78, 5) is 2.53. The first kappa shape index (κ1) is 21.9. The predicted molar refractivity (Wildman–Crippen MR) is 83.7 cm³/mol. The molecule has 0 fully saturated rings. The number of hydrogen-bond acceptors (Lipinski definition) is 1. The molecule has 0 spiro atoms. The van der Waals surface area contributed by atoms with Crippen molar-refractivity contribution in [3.63, 3.8) is 0 Å². The summed E-state index contributed by atoms with van der Waals surface area (Å²) >= 11 is 0. The highest BCUT2D eigenvalue weighted by molar-refractivity contribution is 4.73. The quantitative estimate of drug-likeness (QED) is 0.567. The van der Waals surface area contributed by atoms with Gasteiger partial charge in [-0.2, -0.15) is 0 Å². The summed E-state index contributed by atoms with van der Waals surface area (Å²) in [6, 6.07) is 0. The molecule has 0 bridgehead atoms. The molecule has 0 aliphatic rings. The van der Waals surface area contributed by atoms with E-state index in [-0.39, 0.29) is 0 Å². The van der Waals surface area contributed by atoms with E-state index in [9.17, 15) is 0 Å². The van der Waals surface area contributed by atoms with E-state index in [0.717, 1.165) is 13.0 Å². The number of nitrogens with zero attached hydrogens (tertiary/aromatic N) is 1. The molecule has 0 N–H and O–H groups in total. The Labute approximate surface area is 111 Å². The van der Waals surface area contributed by atoms with Gasteiger partial charge in [-0.25, -0.2) is 0 Å². The molecule has 0 radical (unpaired) electrons. The van der Waals surface area contributed by atoms with Crippen molar-refractivity contribution in [3.8, 4) is 0 Å². The van der Waals surface area contributed by atoms with E-state index in [1.54, 1.807) is 0 Å². The molecule has 0 amide bonds.